The van der Waals surface area contributed by atoms with Gasteiger partial charge in [0.15, 0.2) is 11.5 Å². The zero-order valence-electron chi connectivity index (χ0n) is 15.3. The molecule has 0 radical (unpaired) electrons. The van der Waals surface area contributed by atoms with E-state index in [1.807, 2.05) is 0 Å². The van der Waals surface area contributed by atoms with E-state index in [2.05, 4.69) is 5.32 Å². The molecule has 2 aromatic carbocycles. The molecule has 148 valence electrons. The van der Waals surface area contributed by atoms with Crippen molar-refractivity contribution in [3.8, 4) is 17.2 Å². The molecule has 0 spiro atoms. The van der Waals surface area contributed by atoms with Gasteiger partial charge in [-0.3, -0.25) is 4.79 Å². The first-order valence-electron chi connectivity index (χ1n) is 8.85. The number of nitrogens with one attached hydrogen (secondary N) is 1. The van der Waals surface area contributed by atoms with E-state index in [1.54, 1.807) is 30.3 Å². The van der Waals surface area contributed by atoms with E-state index in [-0.39, 0.29) is 17.6 Å². The highest BCUT2D eigenvalue weighted by molar-refractivity contribution is 7.89. The van der Waals surface area contributed by atoms with Crippen LogP contribution >= 0.6 is 0 Å². The fourth-order valence-corrected chi connectivity index (χ4v) is 5.03. The fourth-order valence-electron chi connectivity index (χ4n) is 3.37. The third-order valence-electron chi connectivity index (χ3n) is 4.81. The Hall–Kier alpha value is -2.78. The summed E-state index contributed by atoms with van der Waals surface area (Å²) in [7, 11) is -2.27. The number of anilines is 1. The Morgan fingerprint density at radius 2 is 1.89 bits per heavy atom. The molecule has 2 aliphatic rings. The molecule has 9 heteroatoms. The second-order valence-corrected chi connectivity index (χ2v) is 8.40. The maximum atomic E-state index is 13.0. The van der Waals surface area contributed by atoms with Crippen LogP contribution in [0.1, 0.15) is 12.8 Å². The number of rotatable bonds is 5. The van der Waals surface area contributed by atoms with Crippen molar-refractivity contribution >= 4 is 21.6 Å². The van der Waals surface area contributed by atoms with Crippen LogP contribution in [0.5, 0.6) is 17.2 Å². The summed E-state index contributed by atoms with van der Waals surface area (Å²) in [4.78, 5) is 12.9. The molecule has 8 nitrogen and oxygen atoms in total. The number of ether oxygens (including phenoxy) is 3. The zero-order valence-corrected chi connectivity index (χ0v) is 16.1. The smallest absolute Gasteiger partial charge is 0.243 e. The quantitative estimate of drug-likeness (QED) is 0.821. The van der Waals surface area contributed by atoms with Gasteiger partial charge in [0.1, 0.15) is 11.8 Å². The molecule has 1 amide bonds. The maximum absolute atomic E-state index is 13.0. The summed E-state index contributed by atoms with van der Waals surface area (Å²) < 4.78 is 42.9. The van der Waals surface area contributed by atoms with Crippen molar-refractivity contribution < 1.29 is 27.4 Å². The van der Waals surface area contributed by atoms with Gasteiger partial charge in [-0.1, -0.05) is 0 Å². The van der Waals surface area contributed by atoms with Gasteiger partial charge in [-0.05, 0) is 49.2 Å². The van der Waals surface area contributed by atoms with Gasteiger partial charge in [0, 0.05) is 18.3 Å². The molecule has 2 aliphatic heterocycles. The molecule has 2 aromatic rings. The molecule has 1 N–H and O–H groups in total. The summed E-state index contributed by atoms with van der Waals surface area (Å²) in [6.45, 7) is 0.441. The lowest BCUT2D eigenvalue weighted by atomic mass is 10.2. The third kappa shape index (κ3) is 3.38. The number of amides is 1. The van der Waals surface area contributed by atoms with Crippen LogP contribution in [-0.2, 0) is 14.8 Å². The van der Waals surface area contributed by atoms with Crippen molar-refractivity contribution in [1.82, 2.24) is 4.31 Å². The SMILES string of the molecule is COc1ccc(S(=O)(=O)N2CCCC2C(=O)Nc2ccc3c(c2)OCO3)cc1. The van der Waals surface area contributed by atoms with E-state index in [0.29, 0.717) is 42.3 Å². The molecule has 4 rings (SSSR count). The second-order valence-electron chi connectivity index (χ2n) is 6.51. The van der Waals surface area contributed by atoms with Gasteiger partial charge in [-0.2, -0.15) is 4.31 Å². The normalized spacial score (nSPS) is 18.8. The highest BCUT2D eigenvalue weighted by Crippen LogP contribution is 2.35. The van der Waals surface area contributed by atoms with Gasteiger partial charge < -0.3 is 19.5 Å². The van der Waals surface area contributed by atoms with E-state index < -0.39 is 16.1 Å². The third-order valence-corrected chi connectivity index (χ3v) is 6.73. The Balaban J connectivity index is 1.52. The Morgan fingerprint density at radius 3 is 2.64 bits per heavy atom. The second kappa shape index (κ2) is 7.33. The zero-order chi connectivity index (χ0) is 19.7. The van der Waals surface area contributed by atoms with Crippen LogP contribution in [0.3, 0.4) is 0 Å². The predicted octanol–water partition coefficient (Wildman–Crippen LogP) is 2.22. The number of hydrogen-bond donors (Lipinski definition) is 1. The van der Waals surface area contributed by atoms with Crippen LogP contribution in [0.2, 0.25) is 0 Å². The van der Waals surface area contributed by atoms with Crippen LogP contribution in [-0.4, -0.2) is 45.1 Å². The van der Waals surface area contributed by atoms with Gasteiger partial charge >= 0.3 is 0 Å². The average molecular weight is 404 g/mol. The number of nitrogens with zero attached hydrogens (tertiary/aromatic N) is 1. The number of benzene rings is 2. The molecule has 0 saturated carbocycles. The molecule has 1 atom stereocenters. The molecule has 1 unspecified atom stereocenters. The first kappa shape index (κ1) is 18.6. The molecule has 1 saturated heterocycles. The van der Waals surface area contributed by atoms with Crippen molar-refractivity contribution in [2.75, 3.05) is 25.8 Å². The van der Waals surface area contributed by atoms with E-state index in [4.69, 9.17) is 14.2 Å². The standard InChI is InChI=1S/C19H20N2O6S/c1-25-14-5-7-15(8-6-14)28(23,24)21-10-2-3-16(21)19(22)20-13-4-9-17-18(11-13)27-12-26-17/h4-9,11,16H,2-3,10,12H2,1H3,(H,20,22). The summed E-state index contributed by atoms with van der Waals surface area (Å²) in [6, 6.07) is 10.4. The summed E-state index contributed by atoms with van der Waals surface area (Å²) in [5.41, 5.74) is 0.531. The van der Waals surface area contributed by atoms with Crippen molar-refractivity contribution in [3.63, 3.8) is 0 Å². The van der Waals surface area contributed by atoms with Gasteiger partial charge in [0.25, 0.3) is 0 Å². The van der Waals surface area contributed by atoms with Crippen molar-refractivity contribution in [3.05, 3.63) is 42.5 Å². The molecular formula is C19H20N2O6S. The van der Waals surface area contributed by atoms with Crippen LogP contribution in [0.4, 0.5) is 5.69 Å². The summed E-state index contributed by atoms with van der Waals surface area (Å²) in [5.74, 6) is 1.36. The van der Waals surface area contributed by atoms with Crippen molar-refractivity contribution in [2.45, 2.75) is 23.8 Å². The number of hydrogen-bond acceptors (Lipinski definition) is 6. The summed E-state index contributed by atoms with van der Waals surface area (Å²) in [5, 5.41) is 2.78. The van der Waals surface area contributed by atoms with Crippen LogP contribution in [0, 0.1) is 0 Å². The Labute approximate surface area is 163 Å². The summed E-state index contributed by atoms with van der Waals surface area (Å²) >= 11 is 0. The van der Waals surface area contributed by atoms with E-state index in [1.165, 1.54) is 23.5 Å². The average Bonchev–Trinajstić information content (AvgIpc) is 3.37. The van der Waals surface area contributed by atoms with Gasteiger partial charge in [0.05, 0.1) is 12.0 Å². The fraction of sp³-hybridized carbons (Fsp3) is 0.316. The highest BCUT2D eigenvalue weighted by atomic mass is 32.2. The first-order chi connectivity index (χ1) is 13.5. The first-order valence-corrected chi connectivity index (χ1v) is 10.3. The van der Waals surface area contributed by atoms with Crippen molar-refractivity contribution in [2.24, 2.45) is 0 Å². The molecule has 0 bridgehead atoms. The number of fused-ring (bicyclic) bond motifs is 1. The Bertz CT molecular complexity index is 990. The van der Waals surface area contributed by atoms with E-state index >= 15 is 0 Å². The monoisotopic (exact) mass is 404 g/mol. The van der Waals surface area contributed by atoms with E-state index in [0.717, 1.165) is 0 Å². The molecular weight excluding hydrogens is 384 g/mol. The van der Waals surface area contributed by atoms with Gasteiger partial charge in [0.2, 0.25) is 22.7 Å². The van der Waals surface area contributed by atoms with Gasteiger partial charge in [-0.15, -0.1) is 0 Å². The molecule has 0 aliphatic carbocycles. The largest absolute Gasteiger partial charge is 0.497 e. The number of methoxy groups -OCH3 is 1. The molecule has 2 heterocycles. The maximum Gasteiger partial charge on any atom is 0.243 e. The lowest BCUT2D eigenvalue weighted by Crippen LogP contribution is -2.43. The predicted molar refractivity (Wildman–Crippen MR) is 101 cm³/mol. The Kier molecular flexibility index (Phi) is 4.86. The highest BCUT2D eigenvalue weighted by Gasteiger charge is 2.39. The number of carbonyl (C=O) groups is 1. The minimum absolute atomic E-state index is 0.135. The lowest BCUT2D eigenvalue weighted by molar-refractivity contribution is -0.119. The minimum atomic E-state index is -3.79. The Morgan fingerprint density at radius 1 is 1.14 bits per heavy atom. The van der Waals surface area contributed by atoms with Crippen molar-refractivity contribution in [1.29, 1.82) is 0 Å². The van der Waals surface area contributed by atoms with Crippen LogP contribution in [0.25, 0.3) is 0 Å². The lowest BCUT2D eigenvalue weighted by Gasteiger charge is -2.23. The van der Waals surface area contributed by atoms with E-state index in [9.17, 15) is 13.2 Å². The topological polar surface area (TPSA) is 94.2 Å². The number of sulfonamides is 1. The molecule has 28 heavy (non-hydrogen) atoms. The summed E-state index contributed by atoms with van der Waals surface area (Å²) in [6.07, 6.45) is 1.08. The molecule has 0 aromatic heterocycles. The molecule has 1 fully saturated rings. The van der Waals surface area contributed by atoms with Crippen LogP contribution in [0.15, 0.2) is 47.4 Å². The minimum Gasteiger partial charge on any atom is -0.497 e. The van der Waals surface area contributed by atoms with Crippen LogP contribution < -0.4 is 19.5 Å². The van der Waals surface area contributed by atoms with Gasteiger partial charge in [-0.25, -0.2) is 8.42 Å². The number of carbonyl (C=O) groups excluding carboxylic acids is 1.